The Morgan fingerprint density at radius 2 is 1.82 bits per heavy atom. The van der Waals surface area contributed by atoms with Gasteiger partial charge in [-0.2, -0.15) is 8.42 Å². The van der Waals surface area contributed by atoms with Crippen LogP contribution >= 0.6 is 0 Å². The smallest absolute Gasteiger partial charge is 0.282 e. The van der Waals surface area contributed by atoms with Crippen LogP contribution < -0.4 is 0 Å². The second-order valence-electron chi connectivity index (χ2n) is 4.36. The van der Waals surface area contributed by atoms with E-state index in [-0.39, 0.29) is 4.90 Å². The summed E-state index contributed by atoms with van der Waals surface area (Å²) in [6, 6.07) is 10.5. The number of fused-ring (bicyclic) bond motifs is 1. The molecule has 0 aliphatic rings. The lowest BCUT2D eigenvalue weighted by Gasteiger charge is -2.10. The van der Waals surface area contributed by atoms with Crippen LogP contribution in [0.3, 0.4) is 0 Å². The van der Waals surface area contributed by atoms with Gasteiger partial charge in [-0.3, -0.25) is 4.55 Å². The standard InChI is InChI=1S/C13H14O3S/c1-9(2)12-5-3-4-10-6-7-11(8-13(10)12)17(14,15)16/h3-9H,1-2H3,(H,14,15,16). The number of benzene rings is 2. The molecule has 0 spiro atoms. The van der Waals surface area contributed by atoms with Crippen molar-refractivity contribution < 1.29 is 13.0 Å². The van der Waals surface area contributed by atoms with Crippen LogP contribution in [-0.2, 0) is 10.1 Å². The average Bonchev–Trinajstić information content (AvgIpc) is 2.26. The number of hydrogen-bond donors (Lipinski definition) is 1. The van der Waals surface area contributed by atoms with Gasteiger partial charge in [0.25, 0.3) is 10.1 Å². The monoisotopic (exact) mass is 250 g/mol. The van der Waals surface area contributed by atoms with E-state index in [1.807, 2.05) is 18.2 Å². The highest BCUT2D eigenvalue weighted by molar-refractivity contribution is 7.85. The fraction of sp³-hybridized carbons (Fsp3) is 0.231. The molecule has 0 saturated carbocycles. The molecular weight excluding hydrogens is 236 g/mol. The van der Waals surface area contributed by atoms with E-state index in [4.69, 9.17) is 4.55 Å². The lowest BCUT2D eigenvalue weighted by molar-refractivity contribution is 0.483. The number of rotatable bonds is 2. The summed E-state index contributed by atoms with van der Waals surface area (Å²) in [6.07, 6.45) is 0. The Balaban J connectivity index is 2.79. The summed E-state index contributed by atoms with van der Waals surface area (Å²) in [5, 5.41) is 1.85. The summed E-state index contributed by atoms with van der Waals surface area (Å²) in [4.78, 5) is -0.0573. The van der Waals surface area contributed by atoms with Gasteiger partial charge in [-0.1, -0.05) is 38.1 Å². The predicted octanol–water partition coefficient (Wildman–Crippen LogP) is 3.21. The highest BCUT2D eigenvalue weighted by Gasteiger charge is 2.12. The zero-order valence-electron chi connectivity index (χ0n) is 9.71. The Bertz CT molecular complexity index is 657. The fourth-order valence-corrected chi connectivity index (χ4v) is 2.45. The maximum Gasteiger partial charge on any atom is 0.294 e. The molecule has 3 nitrogen and oxygen atoms in total. The second-order valence-corrected chi connectivity index (χ2v) is 5.78. The van der Waals surface area contributed by atoms with Crippen molar-refractivity contribution in [1.29, 1.82) is 0 Å². The molecular formula is C13H14O3S. The van der Waals surface area contributed by atoms with E-state index in [9.17, 15) is 8.42 Å². The van der Waals surface area contributed by atoms with Gasteiger partial charge in [0.05, 0.1) is 4.90 Å². The average molecular weight is 250 g/mol. The summed E-state index contributed by atoms with van der Waals surface area (Å²) in [7, 11) is -4.14. The van der Waals surface area contributed by atoms with Crippen molar-refractivity contribution in [3.8, 4) is 0 Å². The van der Waals surface area contributed by atoms with E-state index in [1.54, 1.807) is 6.07 Å². The number of hydrogen-bond acceptors (Lipinski definition) is 2. The molecule has 0 unspecified atom stereocenters. The first-order valence-corrected chi connectivity index (χ1v) is 6.84. The molecule has 2 rings (SSSR count). The lowest BCUT2D eigenvalue weighted by Crippen LogP contribution is -1.98. The van der Waals surface area contributed by atoms with Crippen LogP contribution in [0.5, 0.6) is 0 Å². The summed E-state index contributed by atoms with van der Waals surface area (Å²) < 4.78 is 31.3. The van der Waals surface area contributed by atoms with Crippen LogP contribution in [0.1, 0.15) is 25.3 Å². The minimum atomic E-state index is -4.14. The van der Waals surface area contributed by atoms with Gasteiger partial charge in [0, 0.05) is 0 Å². The molecule has 0 radical (unpaired) electrons. The third-order valence-corrected chi connectivity index (χ3v) is 3.66. The largest absolute Gasteiger partial charge is 0.294 e. The van der Waals surface area contributed by atoms with E-state index in [0.717, 1.165) is 16.3 Å². The highest BCUT2D eigenvalue weighted by atomic mass is 32.2. The first kappa shape index (κ1) is 12.1. The van der Waals surface area contributed by atoms with Gasteiger partial charge in [0.15, 0.2) is 0 Å². The van der Waals surface area contributed by atoms with Gasteiger partial charge in [-0.25, -0.2) is 0 Å². The molecule has 0 amide bonds. The lowest BCUT2D eigenvalue weighted by atomic mass is 9.96. The molecule has 2 aromatic rings. The van der Waals surface area contributed by atoms with Gasteiger partial charge in [0.2, 0.25) is 0 Å². The van der Waals surface area contributed by atoms with E-state index in [1.165, 1.54) is 12.1 Å². The summed E-state index contributed by atoms with van der Waals surface area (Å²) in [5.41, 5.74) is 1.08. The van der Waals surface area contributed by atoms with Gasteiger partial charge in [-0.05, 0) is 34.4 Å². The summed E-state index contributed by atoms with van der Waals surface area (Å²) >= 11 is 0. The zero-order valence-corrected chi connectivity index (χ0v) is 10.5. The topological polar surface area (TPSA) is 54.4 Å². The molecule has 0 aliphatic heterocycles. The molecule has 0 fully saturated rings. The van der Waals surface area contributed by atoms with Crippen LogP contribution in [-0.4, -0.2) is 13.0 Å². The zero-order chi connectivity index (χ0) is 12.6. The van der Waals surface area contributed by atoms with Gasteiger partial charge in [0.1, 0.15) is 0 Å². The quantitative estimate of drug-likeness (QED) is 0.833. The second kappa shape index (κ2) is 4.13. The SMILES string of the molecule is CC(C)c1cccc2ccc(S(=O)(=O)O)cc12. The minimum Gasteiger partial charge on any atom is -0.282 e. The molecule has 0 aromatic heterocycles. The molecule has 0 heterocycles. The van der Waals surface area contributed by atoms with Crippen molar-refractivity contribution in [2.75, 3.05) is 0 Å². The third-order valence-electron chi connectivity index (χ3n) is 2.81. The highest BCUT2D eigenvalue weighted by Crippen LogP contribution is 2.27. The van der Waals surface area contributed by atoms with Crippen molar-refractivity contribution >= 4 is 20.9 Å². The van der Waals surface area contributed by atoms with Crippen LogP contribution in [0.4, 0.5) is 0 Å². The predicted molar refractivity (Wildman–Crippen MR) is 67.9 cm³/mol. The maximum absolute atomic E-state index is 11.1. The first-order chi connectivity index (χ1) is 7.89. The van der Waals surface area contributed by atoms with Crippen LogP contribution in [0, 0.1) is 0 Å². The molecule has 0 saturated heterocycles. The van der Waals surface area contributed by atoms with Crippen molar-refractivity contribution in [2.24, 2.45) is 0 Å². The van der Waals surface area contributed by atoms with Crippen LogP contribution in [0.25, 0.3) is 10.8 Å². The maximum atomic E-state index is 11.1. The normalized spacial score (nSPS) is 12.2. The Hall–Kier alpha value is -1.39. The molecule has 17 heavy (non-hydrogen) atoms. The van der Waals surface area contributed by atoms with Crippen LogP contribution in [0.2, 0.25) is 0 Å². The minimum absolute atomic E-state index is 0.0573. The molecule has 0 aliphatic carbocycles. The van der Waals surface area contributed by atoms with Crippen LogP contribution in [0.15, 0.2) is 41.3 Å². The molecule has 1 N–H and O–H groups in total. The fourth-order valence-electron chi connectivity index (χ4n) is 1.94. The Morgan fingerprint density at radius 3 is 2.41 bits per heavy atom. The van der Waals surface area contributed by atoms with E-state index in [2.05, 4.69) is 13.8 Å². The Morgan fingerprint density at radius 1 is 1.12 bits per heavy atom. The van der Waals surface area contributed by atoms with E-state index in [0.29, 0.717) is 5.92 Å². The molecule has 0 bridgehead atoms. The van der Waals surface area contributed by atoms with Crippen molar-refractivity contribution in [2.45, 2.75) is 24.7 Å². The van der Waals surface area contributed by atoms with Gasteiger partial charge < -0.3 is 0 Å². The summed E-state index contributed by atoms with van der Waals surface area (Å²) in [5.74, 6) is 0.301. The molecule has 2 aromatic carbocycles. The Kier molecular flexibility index (Phi) is 2.93. The molecule has 90 valence electrons. The van der Waals surface area contributed by atoms with Crippen molar-refractivity contribution in [1.82, 2.24) is 0 Å². The first-order valence-electron chi connectivity index (χ1n) is 5.40. The van der Waals surface area contributed by atoms with Crippen molar-refractivity contribution in [3.05, 3.63) is 42.0 Å². The summed E-state index contributed by atoms with van der Waals surface area (Å²) in [6.45, 7) is 4.10. The van der Waals surface area contributed by atoms with Gasteiger partial charge in [-0.15, -0.1) is 0 Å². The van der Waals surface area contributed by atoms with E-state index >= 15 is 0 Å². The molecule has 4 heteroatoms. The van der Waals surface area contributed by atoms with Gasteiger partial charge >= 0.3 is 0 Å². The van der Waals surface area contributed by atoms with Crippen molar-refractivity contribution in [3.63, 3.8) is 0 Å². The Labute approximate surface area is 101 Å². The third kappa shape index (κ3) is 2.33. The van der Waals surface area contributed by atoms with E-state index < -0.39 is 10.1 Å². The molecule has 0 atom stereocenters.